The summed E-state index contributed by atoms with van der Waals surface area (Å²) < 4.78 is 35.2. The van der Waals surface area contributed by atoms with Crippen LogP contribution in [0, 0.1) is 13.8 Å². The number of carbonyl (C=O) groups excluding carboxylic acids is 2. The summed E-state index contributed by atoms with van der Waals surface area (Å²) in [7, 11) is -2.77. The summed E-state index contributed by atoms with van der Waals surface area (Å²) in [5.74, 6) is -0.500. The first-order valence-electron chi connectivity index (χ1n) is 15.5. The highest BCUT2D eigenvalue weighted by molar-refractivity contribution is 7.92. The summed E-state index contributed by atoms with van der Waals surface area (Å²) in [6.07, 6.45) is 1.96. The van der Waals surface area contributed by atoms with Crippen molar-refractivity contribution in [3.8, 4) is 5.75 Å². The molecule has 9 heteroatoms. The van der Waals surface area contributed by atoms with Crippen LogP contribution in [0.1, 0.15) is 42.0 Å². The lowest BCUT2D eigenvalue weighted by atomic mass is 10.0. The van der Waals surface area contributed by atoms with Gasteiger partial charge in [-0.2, -0.15) is 0 Å². The van der Waals surface area contributed by atoms with E-state index in [9.17, 15) is 18.0 Å². The first kappa shape index (κ1) is 34.2. The van der Waals surface area contributed by atoms with Gasteiger partial charge in [-0.3, -0.25) is 13.9 Å². The number of nitrogens with one attached hydrogen (secondary N) is 1. The number of unbranched alkanes of at least 4 members (excludes halogenated alkanes) is 1. The summed E-state index contributed by atoms with van der Waals surface area (Å²) in [5, 5.41) is 3.02. The highest BCUT2D eigenvalue weighted by atomic mass is 32.2. The Kier molecular flexibility index (Phi) is 12.0. The molecule has 242 valence electrons. The third-order valence-electron chi connectivity index (χ3n) is 7.79. The first-order chi connectivity index (χ1) is 22.1. The van der Waals surface area contributed by atoms with E-state index >= 15 is 0 Å². The molecule has 4 rings (SSSR count). The molecule has 0 aliphatic rings. The number of carbonyl (C=O) groups is 2. The largest absolute Gasteiger partial charge is 0.495 e. The molecule has 8 nitrogen and oxygen atoms in total. The predicted octanol–water partition coefficient (Wildman–Crippen LogP) is 6.06. The molecule has 4 aromatic carbocycles. The van der Waals surface area contributed by atoms with Crippen LogP contribution < -0.4 is 14.4 Å². The number of aryl methyl sites for hydroxylation is 2. The second kappa shape index (κ2) is 16.1. The van der Waals surface area contributed by atoms with E-state index in [1.54, 1.807) is 30.3 Å². The van der Waals surface area contributed by atoms with Crippen molar-refractivity contribution in [1.82, 2.24) is 10.2 Å². The molecule has 0 aliphatic carbocycles. The van der Waals surface area contributed by atoms with Crippen molar-refractivity contribution in [3.05, 3.63) is 125 Å². The highest BCUT2D eigenvalue weighted by Gasteiger charge is 2.35. The fourth-order valence-corrected chi connectivity index (χ4v) is 6.62. The Balaban J connectivity index is 1.82. The van der Waals surface area contributed by atoms with E-state index in [1.165, 1.54) is 24.1 Å². The van der Waals surface area contributed by atoms with Crippen LogP contribution in [0.3, 0.4) is 0 Å². The molecule has 0 radical (unpaired) electrons. The highest BCUT2D eigenvalue weighted by Crippen LogP contribution is 2.34. The molecule has 0 saturated heterocycles. The molecule has 46 heavy (non-hydrogen) atoms. The van der Waals surface area contributed by atoms with Gasteiger partial charge in [0, 0.05) is 19.5 Å². The van der Waals surface area contributed by atoms with Gasteiger partial charge in [0.15, 0.2) is 0 Å². The van der Waals surface area contributed by atoms with Gasteiger partial charge in [-0.15, -0.1) is 0 Å². The third kappa shape index (κ3) is 8.75. The molecule has 0 fully saturated rings. The maximum Gasteiger partial charge on any atom is 0.264 e. The van der Waals surface area contributed by atoms with Crippen molar-refractivity contribution in [2.75, 3.05) is 24.5 Å². The minimum absolute atomic E-state index is 0.0367. The average Bonchev–Trinajstić information content (AvgIpc) is 3.06. The van der Waals surface area contributed by atoms with Crippen molar-refractivity contribution >= 4 is 27.5 Å². The fraction of sp³-hybridized carbons (Fsp3) is 0.297. The Morgan fingerprint density at radius 1 is 0.826 bits per heavy atom. The monoisotopic (exact) mass is 641 g/mol. The van der Waals surface area contributed by atoms with E-state index in [0.717, 1.165) is 39.4 Å². The van der Waals surface area contributed by atoms with E-state index in [4.69, 9.17) is 4.74 Å². The van der Waals surface area contributed by atoms with Gasteiger partial charge in [-0.25, -0.2) is 8.42 Å². The Hall–Kier alpha value is -4.63. The minimum atomic E-state index is -4.23. The van der Waals surface area contributed by atoms with Crippen LogP contribution in [0.5, 0.6) is 5.75 Å². The molecule has 1 atom stereocenters. The maximum absolute atomic E-state index is 14.6. The number of hydrogen-bond acceptors (Lipinski definition) is 5. The van der Waals surface area contributed by atoms with Crippen LogP contribution in [0.25, 0.3) is 0 Å². The standard InChI is InChI=1S/C37H43N3O5S/c1-5-6-23-38-37(42)34(25-30-13-9-7-10-14-30)39(26-31-20-17-28(2)18-21-31)36(41)27-40(33-24-29(3)19-22-35(33)45-4)46(43,44)32-15-11-8-12-16-32/h7-22,24,34H,5-6,23,25-27H2,1-4H3,(H,38,42)/t34-/m1/s1. The number of ether oxygens (including phenoxy) is 1. The van der Waals surface area contributed by atoms with Crippen molar-refractivity contribution in [3.63, 3.8) is 0 Å². The van der Waals surface area contributed by atoms with Crippen molar-refractivity contribution < 1.29 is 22.7 Å². The number of methoxy groups -OCH3 is 1. The third-order valence-corrected chi connectivity index (χ3v) is 9.56. The number of nitrogens with zero attached hydrogens (tertiary/aromatic N) is 2. The number of hydrogen-bond donors (Lipinski definition) is 1. The quantitative estimate of drug-likeness (QED) is 0.159. The zero-order chi connectivity index (χ0) is 33.1. The minimum Gasteiger partial charge on any atom is -0.495 e. The number of rotatable bonds is 15. The summed E-state index contributed by atoms with van der Waals surface area (Å²) in [4.78, 5) is 30.0. The number of benzene rings is 4. The second-order valence-corrected chi connectivity index (χ2v) is 13.2. The Bertz CT molecular complexity index is 1690. The molecule has 0 bridgehead atoms. The van der Waals surface area contributed by atoms with E-state index in [-0.39, 0.29) is 29.5 Å². The van der Waals surface area contributed by atoms with Gasteiger partial charge in [0.1, 0.15) is 18.3 Å². The van der Waals surface area contributed by atoms with Crippen LogP contribution in [-0.2, 0) is 32.6 Å². The zero-order valence-corrected chi connectivity index (χ0v) is 27.8. The summed E-state index contributed by atoms with van der Waals surface area (Å²) in [6.45, 7) is 5.91. The number of sulfonamides is 1. The van der Waals surface area contributed by atoms with Gasteiger partial charge in [0.05, 0.1) is 17.7 Å². The molecule has 0 unspecified atom stereocenters. The SMILES string of the molecule is CCCCNC(=O)[C@@H](Cc1ccccc1)N(Cc1ccc(C)cc1)C(=O)CN(c1cc(C)ccc1OC)S(=O)(=O)c1ccccc1. The van der Waals surface area contributed by atoms with Crippen molar-refractivity contribution in [2.45, 2.75) is 57.5 Å². The molecule has 2 amide bonds. The average molecular weight is 642 g/mol. The molecular weight excluding hydrogens is 598 g/mol. The lowest BCUT2D eigenvalue weighted by Crippen LogP contribution is -2.53. The fourth-order valence-electron chi connectivity index (χ4n) is 5.18. The van der Waals surface area contributed by atoms with Crippen LogP contribution >= 0.6 is 0 Å². The summed E-state index contributed by atoms with van der Waals surface area (Å²) >= 11 is 0. The molecule has 0 heterocycles. The normalized spacial score (nSPS) is 11.8. The van der Waals surface area contributed by atoms with Gasteiger partial charge in [0.2, 0.25) is 11.8 Å². The zero-order valence-electron chi connectivity index (χ0n) is 27.0. The van der Waals surface area contributed by atoms with Crippen molar-refractivity contribution in [2.24, 2.45) is 0 Å². The molecular formula is C37H43N3O5S. The Labute approximate surface area is 273 Å². The lowest BCUT2D eigenvalue weighted by Gasteiger charge is -2.34. The molecule has 0 spiro atoms. The second-order valence-electron chi connectivity index (χ2n) is 11.4. The van der Waals surface area contributed by atoms with Crippen molar-refractivity contribution in [1.29, 1.82) is 0 Å². The van der Waals surface area contributed by atoms with Crippen LogP contribution in [0.15, 0.2) is 108 Å². The van der Waals surface area contributed by atoms with Gasteiger partial charge in [-0.05, 0) is 61.2 Å². The first-order valence-corrected chi connectivity index (χ1v) is 17.0. The summed E-state index contributed by atoms with van der Waals surface area (Å²) in [6, 6.07) is 29.6. The molecule has 4 aromatic rings. The maximum atomic E-state index is 14.6. The smallest absolute Gasteiger partial charge is 0.264 e. The molecule has 1 N–H and O–H groups in total. The van der Waals surface area contributed by atoms with Gasteiger partial charge in [0.25, 0.3) is 10.0 Å². The molecule has 0 saturated carbocycles. The van der Waals surface area contributed by atoms with Gasteiger partial charge < -0.3 is 15.0 Å². The topological polar surface area (TPSA) is 96.0 Å². The van der Waals surface area contributed by atoms with E-state index in [2.05, 4.69) is 5.32 Å². The number of anilines is 1. The predicted molar refractivity (Wildman–Crippen MR) is 182 cm³/mol. The Morgan fingerprint density at radius 3 is 2.09 bits per heavy atom. The van der Waals surface area contributed by atoms with E-state index in [1.807, 2.05) is 81.4 Å². The Morgan fingerprint density at radius 2 is 1.46 bits per heavy atom. The van der Waals surface area contributed by atoms with E-state index in [0.29, 0.717) is 12.3 Å². The van der Waals surface area contributed by atoms with Gasteiger partial charge in [-0.1, -0.05) is 97.8 Å². The lowest BCUT2D eigenvalue weighted by molar-refractivity contribution is -0.140. The van der Waals surface area contributed by atoms with E-state index < -0.39 is 28.5 Å². The number of amides is 2. The summed E-state index contributed by atoms with van der Waals surface area (Å²) in [5.41, 5.74) is 3.80. The van der Waals surface area contributed by atoms with Gasteiger partial charge >= 0.3 is 0 Å². The van der Waals surface area contributed by atoms with Crippen LogP contribution in [0.4, 0.5) is 5.69 Å². The molecule has 0 aliphatic heterocycles. The van der Waals surface area contributed by atoms with Crippen LogP contribution in [0.2, 0.25) is 0 Å². The molecule has 0 aromatic heterocycles. The van der Waals surface area contributed by atoms with Crippen LogP contribution in [-0.4, -0.2) is 51.4 Å².